The van der Waals surface area contributed by atoms with Gasteiger partial charge in [-0.25, -0.2) is 9.48 Å². The van der Waals surface area contributed by atoms with Gasteiger partial charge in [0.1, 0.15) is 6.33 Å². The molecule has 0 atom stereocenters. The number of ketones is 1. The number of hydrogen-bond donors (Lipinski definition) is 0. The highest BCUT2D eigenvalue weighted by atomic mass is 32.1. The topological polar surface area (TPSA) is 91.9 Å². The van der Waals surface area contributed by atoms with Gasteiger partial charge in [0, 0.05) is 28.4 Å². The second-order valence-electron chi connectivity index (χ2n) is 7.07. The number of rotatable bonds is 8. The lowest BCUT2D eigenvalue weighted by atomic mass is 10.1. The van der Waals surface area contributed by atoms with Crippen LogP contribution in [0.5, 0.6) is 0 Å². The second kappa shape index (κ2) is 9.05. The molecule has 9 heteroatoms. The van der Waals surface area contributed by atoms with Crippen LogP contribution in [0.25, 0.3) is 5.69 Å². The summed E-state index contributed by atoms with van der Waals surface area (Å²) in [4.78, 5) is 26.3. The number of thiophene rings is 1. The Labute approximate surface area is 183 Å². The van der Waals surface area contributed by atoms with Crippen molar-refractivity contribution < 1.29 is 14.3 Å². The molecule has 31 heavy (non-hydrogen) atoms. The SMILES string of the molecule is Cc1cc(C(=O)COC(=O)c2ccc(-n3cnnn3)cc2)c(C)n1CCc1cccs1. The molecule has 0 radical (unpaired) electrons. The molecule has 0 saturated heterocycles. The van der Waals surface area contributed by atoms with Crippen LogP contribution in [0.3, 0.4) is 0 Å². The molecule has 0 bridgehead atoms. The highest BCUT2D eigenvalue weighted by Gasteiger charge is 2.18. The Bertz CT molecular complexity index is 1180. The Morgan fingerprint density at radius 1 is 1.13 bits per heavy atom. The summed E-state index contributed by atoms with van der Waals surface area (Å²) >= 11 is 1.73. The van der Waals surface area contributed by atoms with E-state index in [1.165, 1.54) is 15.9 Å². The van der Waals surface area contributed by atoms with Crippen LogP contribution in [0.15, 0.2) is 54.2 Å². The molecule has 4 rings (SSSR count). The molecular weight excluding hydrogens is 414 g/mol. The summed E-state index contributed by atoms with van der Waals surface area (Å²) in [6.45, 7) is 4.41. The minimum atomic E-state index is -0.553. The number of Topliss-reactive ketones (excluding diaryl/α,β-unsaturated/α-hetero) is 1. The van der Waals surface area contributed by atoms with E-state index in [0.717, 1.165) is 24.4 Å². The summed E-state index contributed by atoms with van der Waals surface area (Å²) in [6.07, 6.45) is 2.38. The monoisotopic (exact) mass is 435 g/mol. The summed E-state index contributed by atoms with van der Waals surface area (Å²) in [5.74, 6) is -0.766. The van der Waals surface area contributed by atoms with Gasteiger partial charge in [0.05, 0.1) is 11.3 Å². The maximum absolute atomic E-state index is 12.7. The average Bonchev–Trinajstić information content (AvgIpc) is 3.54. The predicted molar refractivity (Wildman–Crippen MR) is 116 cm³/mol. The number of benzene rings is 1. The average molecular weight is 436 g/mol. The molecular formula is C22H21N5O3S. The first kappa shape index (κ1) is 20.7. The van der Waals surface area contributed by atoms with Crippen LogP contribution in [-0.2, 0) is 17.7 Å². The quantitative estimate of drug-likeness (QED) is 0.311. The molecule has 4 aromatic rings. The van der Waals surface area contributed by atoms with Crippen molar-refractivity contribution in [2.75, 3.05) is 6.61 Å². The summed E-state index contributed by atoms with van der Waals surface area (Å²) < 4.78 is 8.87. The van der Waals surface area contributed by atoms with Gasteiger partial charge in [0.25, 0.3) is 0 Å². The molecule has 3 heterocycles. The van der Waals surface area contributed by atoms with Gasteiger partial charge in [0.15, 0.2) is 6.61 Å². The van der Waals surface area contributed by atoms with Crippen LogP contribution in [0.4, 0.5) is 0 Å². The second-order valence-corrected chi connectivity index (χ2v) is 8.10. The van der Waals surface area contributed by atoms with Gasteiger partial charge in [-0.1, -0.05) is 6.07 Å². The predicted octanol–water partition coefficient (Wildman–Crippen LogP) is 3.42. The molecule has 0 aliphatic rings. The number of tetrazole rings is 1. The molecule has 0 N–H and O–H groups in total. The van der Waals surface area contributed by atoms with Crippen LogP contribution in [0.1, 0.15) is 37.0 Å². The molecule has 158 valence electrons. The number of ether oxygens (including phenoxy) is 1. The van der Waals surface area contributed by atoms with Crippen LogP contribution < -0.4 is 0 Å². The van der Waals surface area contributed by atoms with Gasteiger partial charge < -0.3 is 9.30 Å². The zero-order chi connectivity index (χ0) is 21.8. The number of esters is 1. The van der Waals surface area contributed by atoms with E-state index in [9.17, 15) is 9.59 Å². The van der Waals surface area contributed by atoms with Gasteiger partial charge in [0.2, 0.25) is 5.78 Å². The first-order valence-corrected chi connectivity index (χ1v) is 10.6. The number of hydrogen-bond acceptors (Lipinski definition) is 7. The molecule has 0 unspecified atom stereocenters. The van der Waals surface area contributed by atoms with E-state index < -0.39 is 5.97 Å². The first-order valence-electron chi connectivity index (χ1n) is 9.76. The van der Waals surface area contributed by atoms with Crippen LogP contribution in [0, 0.1) is 13.8 Å². The molecule has 0 aliphatic carbocycles. The van der Waals surface area contributed by atoms with E-state index in [0.29, 0.717) is 16.8 Å². The van der Waals surface area contributed by atoms with Crippen molar-refractivity contribution in [3.05, 3.63) is 81.6 Å². The fourth-order valence-electron chi connectivity index (χ4n) is 3.43. The Morgan fingerprint density at radius 3 is 2.61 bits per heavy atom. The summed E-state index contributed by atoms with van der Waals surface area (Å²) in [5.41, 5.74) is 3.56. The highest BCUT2D eigenvalue weighted by Crippen LogP contribution is 2.18. The van der Waals surface area contributed by atoms with Crippen LogP contribution >= 0.6 is 11.3 Å². The van der Waals surface area contributed by atoms with E-state index in [4.69, 9.17) is 4.74 Å². The van der Waals surface area contributed by atoms with E-state index >= 15 is 0 Å². The lowest BCUT2D eigenvalue weighted by molar-refractivity contribution is 0.0474. The Morgan fingerprint density at radius 2 is 1.94 bits per heavy atom. The Balaban J connectivity index is 1.37. The normalized spacial score (nSPS) is 10.9. The highest BCUT2D eigenvalue weighted by molar-refractivity contribution is 7.09. The van der Waals surface area contributed by atoms with Crippen molar-refractivity contribution in [2.24, 2.45) is 0 Å². The van der Waals surface area contributed by atoms with E-state index in [2.05, 4.69) is 31.5 Å². The number of nitrogens with zero attached hydrogens (tertiary/aromatic N) is 5. The molecule has 0 fully saturated rings. The molecule has 3 aromatic heterocycles. The molecule has 0 spiro atoms. The largest absolute Gasteiger partial charge is 0.454 e. The van der Waals surface area contributed by atoms with Crippen molar-refractivity contribution in [3.8, 4) is 5.69 Å². The van der Waals surface area contributed by atoms with Crippen molar-refractivity contribution in [2.45, 2.75) is 26.8 Å². The molecule has 1 aromatic carbocycles. The fraction of sp³-hybridized carbons (Fsp3) is 0.227. The molecule has 0 saturated carbocycles. The third-order valence-corrected chi connectivity index (χ3v) is 6.02. The summed E-state index contributed by atoms with van der Waals surface area (Å²) in [7, 11) is 0. The van der Waals surface area contributed by atoms with E-state index in [1.807, 2.05) is 26.0 Å². The minimum absolute atomic E-state index is 0.214. The molecule has 8 nitrogen and oxygen atoms in total. The number of carbonyl (C=O) groups is 2. The van der Waals surface area contributed by atoms with Gasteiger partial charge in [-0.05, 0) is 72.5 Å². The Kier molecular flexibility index (Phi) is 6.03. The summed E-state index contributed by atoms with van der Waals surface area (Å²) in [5, 5.41) is 13.0. The van der Waals surface area contributed by atoms with Crippen molar-refractivity contribution in [3.63, 3.8) is 0 Å². The van der Waals surface area contributed by atoms with E-state index in [1.54, 1.807) is 35.6 Å². The lowest BCUT2D eigenvalue weighted by Crippen LogP contribution is -2.15. The third-order valence-electron chi connectivity index (χ3n) is 5.09. The first-order chi connectivity index (χ1) is 15.0. The van der Waals surface area contributed by atoms with Gasteiger partial charge in [-0.15, -0.1) is 16.4 Å². The van der Waals surface area contributed by atoms with Gasteiger partial charge in [-0.2, -0.15) is 0 Å². The maximum Gasteiger partial charge on any atom is 0.338 e. The van der Waals surface area contributed by atoms with Gasteiger partial charge in [-0.3, -0.25) is 4.79 Å². The van der Waals surface area contributed by atoms with Crippen molar-refractivity contribution in [1.82, 2.24) is 24.8 Å². The number of carbonyl (C=O) groups excluding carboxylic acids is 2. The molecule has 0 amide bonds. The van der Waals surface area contributed by atoms with Crippen molar-refractivity contribution >= 4 is 23.1 Å². The molecule has 0 aliphatic heterocycles. The van der Waals surface area contributed by atoms with Crippen LogP contribution in [0.2, 0.25) is 0 Å². The standard InChI is InChI=1S/C22H21N5O3S/c1-15-12-20(16(2)26(15)10-9-19-4-3-11-31-19)21(28)13-30-22(29)17-5-7-18(8-6-17)27-14-23-24-25-27/h3-8,11-12,14H,9-10,13H2,1-2H3. The van der Waals surface area contributed by atoms with Gasteiger partial charge >= 0.3 is 5.97 Å². The minimum Gasteiger partial charge on any atom is -0.454 e. The summed E-state index contributed by atoms with van der Waals surface area (Å²) in [6, 6.07) is 12.6. The van der Waals surface area contributed by atoms with Crippen molar-refractivity contribution in [1.29, 1.82) is 0 Å². The Hall–Kier alpha value is -3.59. The van der Waals surface area contributed by atoms with E-state index in [-0.39, 0.29) is 12.4 Å². The smallest absolute Gasteiger partial charge is 0.338 e. The maximum atomic E-state index is 12.7. The fourth-order valence-corrected chi connectivity index (χ4v) is 4.12. The third kappa shape index (κ3) is 4.61. The van der Waals surface area contributed by atoms with Crippen LogP contribution in [-0.4, -0.2) is 43.1 Å². The zero-order valence-electron chi connectivity index (χ0n) is 17.2. The lowest BCUT2D eigenvalue weighted by Gasteiger charge is -2.09. The number of aryl methyl sites for hydroxylation is 2. The number of aromatic nitrogens is 5. The zero-order valence-corrected chi connectivity index (χ0v) is 18.0.